The first kappa shape index (κ1) is 17.0. The number of benzene rings is 1. The summed E-state index contributed by atoms with van der Waals surface area (Å²) in [4.78, 5) is 30.1. The quantitative estimate of drug-likeness (QED) is 0.815. The summed E-state index contributed by atoms with van der Waals surface area (Å²) in [6, 6.07) is 6.71. The molecule has 3 rings (SSSR count). The summed E-state index contributed by atoms with van der Waals surface area (Å²) in [5, 5.41) is 4.08. The van der Waals surface area contributed by atoms with Gasteiger partial charge in [-0.2, -0.15) is 0 Å². The Morgan fingerprint density at radius 2 is 2.25 bits per heavy atom. The Labute approximate surface area is 152 Å². The highest BCUT2D eigenvalue weighted by molar-refractivity contribution is 7.18. The number of nitrogens with one attached hydrogen (secondary N) is 1. The molecule has 1 unspecified atom stereocenters. The molecule has 0 spiro atoms. The van der Waals surface area contributed by atoms with Gasteiger partial charge in [-0.05, 0) is 24.6 Å². The van der Waals surface area contributed by atoms with Crippen molar-refractivity contribution in [1.29, 1.82) is 0 Å². The Morgan fingerprint density at radius 3 is 2.96 bits per heavy atom. The fourth-order valence-corrected chi connectivity index (χ4v) is 3.79. The van der Waals surface area contributed by atoms with E-state index in [2.05, 4.69) is 15.0 Å². The fourth-order valence-electron chi connectivity index (χ4n) is 2.45. The van der Waals surface area contributed by atoms with Crippen LogP contribution in [-0.2, 0) is 9.53 Å². The third kappa shape index (κ3) is 3.33. The van der Waals surface area contributed by atoms with E-state index in [1.807, 2.05) is 6.07 Å². The van der Waals surface area contributed by atoms with Crippen molar-refractivity contribution >= 4 is 57.2 Å². The average Bonchev–Trinajstić information content (AvgIpc) is 3.10. The standard InChI is InChI=1S/C15H13Cl2N3O3S/c1-23-14(22)11-12(17)19-15(24-11)18-10-5-6-20(13(10)21)9-4-2-3-8(16)7-9/h2-4,7,10H,5-6H2,1H3,(H,18,19). The predicted octanol–water partition coefficient (Wildman–Crippen LogP) is 3.45. The Bertz CT molecular complexity index is 796. The molecule has 1 aliphatic heterocycles. The molecule has 9 heteroatoms. The van der Waals surface area contributed by atoms with Crippen molar-refractivity contribution in [1.82, 2.24) is 4.98 Å². The number of hydrogen-bond acceptors (Lipinski definition) is 6. The highest BCUT2D eigenvalue weighted by Crippen LogP contribution is 2.30. The van der Waals surface area contributed by atoms with Crippen molar-refractivity contribution < 1.29 is 14.3 Å². The second kappa shape index (κ2) is 6.96. The minimum Gasteiger partial charge on any atom is -0.465 e. The number of methoxy groups -OCH3 is 1. The van der Waals surface area contributed by atoms with Gasteiger partial charge in [0.15, 0.2) is 15.2 Å². The Balaban J connectivity index is 1.73. The summed E-state index contributed by atoms with van der Waals surface area (Å²) in [5.41, 5.74) is 0.754. The summed E-state index contributed by atoms with van der Waals surface area (Å²) >= 11 is 13.0. The first-order valence-corrected chi connectivity index (χ1v) is 8.65. The van der Waals surface area contributed by atoms with Gasteiger partial charge in [-0.15, -0.1) is 0 Å². The van der Waals surface area contributed by atoms with E-state index < -0.39 is 12.0 Å². The molecule has 0 bridgehead atoms. The number of rotatable bonds is 4. The van der Waals surface area contributed by atoms with E-state index in [9.17, 15) is 9.59 Å². The second-order valence-corrected chi connectivity index (χ2v) is 6.88. The molecular weight excluding hydrogens is 373 g/mol. The van der Waals surface area contributed by atoms with Gasteiger partial charge < -0.3 is 15.0 Å². The number of carbonyl (C=O) groups excluding carboxylic acids is 2. The summed E-state index contributed by atoms with van der Waals surface area (Å²) < 4.78 is 4.64. The number of thiazole rings is 1. The minimum atomic E-state index is -0.552. The van der Waals surface area contributed by atoms with E-state index >= 15 is 0 Å². The lowest BCUT2D eigenvalue weighted by Gasteiger charge is -2.17. The molecule has 2 aromatic rings. The monoisotopic (exact) mass is 385 g/mol. The molecule has 2 heterocycles. The lowest BCUT2D eigenvalue weighted by Crippen LogP contribution is -2.33. The van der Waals surface area contributed by atoms with Gasteiger partial charge in [-0.25, -0.2) is 9.78 Å². The van der Waals surface area contributed by atoms with Gasteiger partial charge in [0.1, 0.15) is 6.04 Å². The molecule has 1 aromatic carbocycles. The van der Waals surface area contributed by atoms with Gasteiger partial charge in [0.25, 0.3) is 0 Å². The van der Waals surface area contributed by atoms with Crippen molar-refractivity contribution in [3.63, 3.8) is 0 Å². The molecule has 1 amide bonds. The lowest BCUT2D eigenvalue weighted by atomic mass is 10.2. The lowest BCUT2D eigenvalue weighted by molar-refractivity contribution is -0.117. The SMILES string of the molecule is COC(=O)c1sc(NC2CCN(c3cccc(Cl)c3)C2=O)nc1Cl. The highest BCUT2D eigenvalue weighted by atomic mass is 35.5. The number of amides is 1. The molecule has 1 N–H and O–H groups in total. The molecule has 24 heavy (non-hydrogen) atoms. The van der Waals surface area contributed by atoms with Crippen molar-refractivity contribution in [3.8, 4) is 0 Å². The number of nitrogens with zero attached hydrogens (tertiary/aromatic N) is 2. The van der Waals surface area contributed by atoms with Gasteiger partial charge in [0, 0.05) is 17.3 Å². The first-order valence-electron chi connectivity index (χ1n) is 7.07. The molecular formula is C15H13Cl2N3O3S. The smallest absolute Gasteiger partial charge is 0.351 e. The van der Waals surface area contributed by atoms with Gasteiger partial charge >= 0.3 is 5.97 Å². The summed E-state index contributed by atoms with van der Waals surface area (Å²) in [5.74, 6) is -0.632. The van der Waals surface area contributed by atoms with E-state index in [-0.39, 0.29) is 15.9 Å². The van der Waals surface area contributed by atoms with Crippen LogP contribution in [0.3, 0.4) is 0 Å². The number of carbonyl (C=O) groups is 2. The van der Waals surface area contributed by atoms with Crippen LogP contribution in [0.5, 0.6) is 0 Å². The molecule has 0 saturated carbocycles. The van der Waals surface area contributed by atoms with Gasteiger partial charge in [0.05, 0.1) is 7.11 Å². The van der Waals surface area contributed by atoms with Crippen LogP contribution in [0.1, 0.15) is 16.1 Å². The molecule has 1 aliphatic rings. The molecule has 6 nitrogen and oxygen atoms in total. The van der Waals surface area contributed by atoms with Crippen LogP contribution in [0.2, 0.25) is 10.2 Å². The maximum Gasteiger partial charge on any atom is 0.351 e. The zero-order chi connectivity index (χ0) is 17.3. The number of hydrogen-bond donors (Lipinski definition) is 1. The largest absolute Gasteiger partial charge is 0.465 e. The first-order chi connectivity index (χ1) is 11.5. The van der Waals surface area contributed by atoms with E-state index in [4.69, 9.17) is 23.2 Å². The molecule has 1 fully saturated rings. The third-order valence-corrected chi connectivity index (χ3v) is 5.17. The van der Waals surface area contributed by atoms with Crippen LogP contribution >= 0.6 is 34.5 Å². The Hall–Kier alpha value is -1.83. The van der Waals surface area contributed by atoms with Crippen molar-refractivity contribution in [2.75, 3.05) is 23.9 Å². The molecule has 1 aromatic heterocycles. The normalized spacial score (nSPS) is 17.2. The summed E-state index contributed by atoms with van der Waals surface area (Å²) in [6.07, 6.45) is 0.607. The number of aromatic nitrogens is 1. The van der Waals surface area contributed by atoms with Gasteiger partial charge in [-0.3, -0.25) is 4.79 Å². The number of ether oxygens (including phenoxy) is 1. The topological polar surface area (TPSA) is 71.5 Å². The van der Waals surface area contributed by atoms with E-state index in [1.165, 1.54) is 7.11 Å². The number of halogens is 2. The predicted molar refractivity (Wildman–Crippen MR) is 94.3 cm³/mol. The van der Waals surface area contributed by atoms with Crippen LogP contribution in [-0.4, -0.2) is 36.6 Å². The molecule has 126 valence electrons. The van der Waals surface area contributed by atoms with Gasteiger partial charge in [-0.1, -0.05) is 40.6 Å². The molecule has 1 atom stereocenters. The van der Waals surface area contributed by atoms with E-state index in [0.29, 0.717) is 23.1 Å². The Morgan fingerprint density at radius 1 is 1.46 bits per heavy atom. The van der Waals surface area contributed by atoms with E-state index in [0.717, 1.165) is 17.0 Å². The van der Waals surface area contributed by atoms with Crippen molar-refractivity contribution in [2.24, 2.45) is 0 Å². The fraction of sp³-hybridized carbons (Fsp3) is 0.267. The maximum absolute atomic E-state index is 12.6. The van der Waals surface area contributed by atoms with Crippen LogP contribution in [0.4, 0.5) is 10.8 Å². The van der Waals surface area contributed by atoms with Gasteiger partial charge in [0.2, 0.25) is 5.91 Å². The van der Waals surface area contributed by atoms with Crippen LogP contribution in [0.15, 0.2) is 24.3 Å². The Kier molecular flexibility index (Phi) is 4.93. The number of anilines is 2. The molecule has 0 aliphatic carbocycles. The van der Waals surface area contributed by atoms with Crippen LogP contribution in [0.25, 0.3) is 0 Å². The molecule has 1 saturated heterocycles. The zero-order valence-electron chi connectivity index (χ0n) is 12.6. The minimum absolute atomic E-state index is 0.0616. The second-order valence-electron chi connectivity index (χ2n) is 5.09. The third-order valence-electron chi connectivity index (χ3n) is 3.58. The van der Waals surface area contributed by atoms with Crippen LogP contribution in [0, 0.1) is 0 Å². The number of esters is 1. The zero-order valence-corrected chi connectivity index (χ0v) is 14.9. The summed E-state index contributed by atoms with van der Waals surface area (Å²) in [7, 11) is 1.27. The summed E-state index contributed by atoms with van der Waals surface area (Å²) in [6.45, 7) is 0.569. The highest BCUT2D eigenvalue weighted by Gasteiger charge is 2.33. The van der Waals surface area contributed by atoms with Crippen LogP contribution < -0.4 is 10.2 Å². The van der Waals surface area contributed by atoms with Crippen molar-refractivity contribution in [3.05, 3.63) is 39.3 Å². The maximum atomic E-state index is 12.6. The van der Waals surface area contributed by atoms with Crippen molar-refractivity contribution in [2.45, 2.75) is 12.5 Å². The molecule has 0 radical (unpaired) electrons. The van der Waals surface area contributed by atoms with E-state index in [1.54, 1.807) is 23.1 Å². The average molecular weight is 386 g/mol.